The number of ether oxygens (including phenoxy) is 3. The minimum atomic E-state index is -0.488. The summed E-state index contributed by atoms with van der Waals surface area (Å²) in [6.45, 7) is 7.12. The van der Waals surface area contributed by atoms with Gasteiger partial charge < -0.3 is 14.2 Å². The van der Waals surface area contributed by atoms with Crippen LogP contribution in [0.15, 0.2) is 24.3 Å². The molecule has 2 atom stereocenters. The van der Waals surface area contributed by atoms with E-state index < -0.39 is 5.79 Å². The first kappa shape index (κ1) is 15.3. The van der Waals surface area contributed by atoms with Crippen molar-refractivity contribution >= 4 is 5.97 Å². The summed E-state index contributed by atoms with van der Waals surface area (Å²) in [5, 5.41) is 0. The monoisotopic (exact) mass is 280 g/mol. The molecule has 4 nitrogen and oxygen atoms in total. The van der Waals surface area contributed by atoms with Gasteiger partial charge in [0.05, 0.1) is 20.3 Å². The second-order valence-electron chi connectivity index (χ2n) is 5.68. The fourth-order valence-electron chi connectivity index (χ4n) is 3.29. The van der Waals surface area contributed by atoms with Gasteiger partial charge in [-0.25, -0.2) is 0 Å². The molecule has 4 heteroatoms. The lowest BCUT2D eigenvalue weighted by atomic mass is 9.87. The zero-order chi connectivity index (χ0) is 14.6. The van der Waals surface area contributed by atoms with Gasteiger partial charge in [-0.05, 0) is 25.7 Å². The molecule has 1 aliphatic carbocycles. The molecule has 0 bridgehead atoms. The summed E-state index contributed by atoms with van der Waals surface area (Å²) in [7, 11) is 1.44. The molecule has 1 heterocycles. The van der Waals surface area contributed by atoms with Crippen LogP contribution in [-0.4, -0.2) is 32.1 Å². The minimum Gasteiger partial charge on any atom is -0.469 e. The minimum absolute atomic E-state index is 0.154. The van der Waals surface area contributed by atoms with Crippen LogP contribution >= 0.6 is 0 Å². The maximum absolute atomic E-state index is 11.6. The van der Waals surface area contributed by atoms with E-state index in [4.69, 9.17) is 14.2 Å². The summed E-state index contributed by atoms with van der Waals surface area (Å²) in [5.41, 5.74) is 1.02. The average Bonchev–Trinajstić information content (AvgIpc) is 3.00. The van der Waals surface area contributed by atoms with Crippen LogP contribution in [-0.2, 0) is 19.0 Å². The maximum Gasteiger partial charge on any atom is 0.305 e. The Kier molecular flexibility index (Phi) is 5.00. The van der Waals surface area contributed by atoms with Crippen molar-refractivity contribution in [2.45, 2.75) is 38.4 Å². The van der Waals surface area contributed by atoms with E-state index in [-0.39, 0.29) is 17.8 Å². The Hall–Kier alpha value is -1.13. The predicted molar refractivity (Wildman–Crippen MR) is 76.1 cm³/mol. The van der Waals surface area contributed by atoms with Gasteiger partial charge in [0.1, 0.15) is 0 Å². The standard InChI is InChI=1S/C16H24O4/c1-12(2)5-4-6-14-13(11-15(17)18-3)7-8-16(14)19-9-10-20-16/h4-5,13-14H,1,6-11H2,2-3H3/b5-4-/t13-,14-/m0/s1. The van der Waals surface area contributed by atoms with Gasteiger partial charge in [-0.1, -0.05) is 24.3 Å². The highest BCUT2D eigenvalue weighted by Crippen LogP contribution is 2.49. The average molecular weight is 280 g/mol. The number of allylic oxidation sites excluding steroid dienone is 3. The topological polar surface area (TPSA) is 44.8 Å². The summed E-state index contributed by atoms with van der Waals surface area (Å²) in [6.07, 6.45) is 7.21. The summed E-state index contributed by atoms with van der Waals surface area (Å²) in [6, 6.07) is 0. The number of carbonyl (C=O) groups is 1. The van der Waals surface area contributed by atoms with Crippen LogP contribution in [0.2, 0.25) is 0 Å². The van der Waals surface area contributed by atoms with Crippen molar-refractivity contribution in [3.05, 3.63) is 24.3 Å². The molecule has 2 fully saturated rings. The Morgan fingerprint density at radius 1 is 1.45 bits per heavy atom. The number of carbonyl (C=O) groups excluding carboxylic acids is 1. The highest BCUT2D eigenvalue weighted by atomic mass is 16.7. The van der Waals surface area contributed by atoms with Crippen molar-refractivity contribution in [2.75, 3.05) is 20.3 Å². The van der Waals surface area contributed by atoms with Gasteiger partial charge in [-0.3, -0.25) is 4.79 Å². The fraction of sp³-hybridized carbons (Fsp3) is 0.688. The summed E-state index contributed by atoms with van der Waals surface area (Å²) < 4.78 is 16.6. The smallest absolute Gasteiger partial charge is 0.305 e. The van der Waals surface area contributed by atoms with E-state index in [2.05, 4.69) is 12.7 Å². The van der Waals surface area contributed by atoms with Crippen molar-refractivity contribution < 1.29 is 19.0 Å². The number of hydrogen-bond acceptors (Lipinski definition) is 4. The first-order valence-corrected chi connectivity index (χ1v) is 7.24. The SMILES string of the molecule is C=C(C)/C=C\C[C@H]1[C@H](CC(=O)OC)CCC12OCCO2. The van der Waals surface area contributed by atoms with Crippen LogP contribution in [0.1, 0.15) is 32.6 Å². The van der Waals surface area contributed by atoms with Gasteiger partial charge in [0.15, 0.2) is 5.79 Å². The lowest BCUT2D eigenvalue weighted by molar-refractivity contribution is -0.186. The second-order valence-corrected chi connectivity index (χ2v) is 5.68. The molecule has 112 valence electrons. The molecule has 2 rings (SSSR count). The molecule has 1 aliphatic heterocycles. The Balaban J connectivity index is 2.07. The highest BCUT2D eigenvalue weighted by molar-refractivity contribution is 5.69. The number of rotatable bonds is 5. The van der Waals surface area contributed by atoms with Crippen molar-refractivity contribution in [2.24, 2.45) is 11.8 Å². The Labute approximate surface area is 120 Å². The number of esters is 1. The lowest BCUT2D eigenvalue weighted by Crippen LogP contribution is -2.37. The molecule has 0 N–H and O–H groups in total. The zero-order valence-electron chi connectivity index (χ0n) is 12.4. The molecule has 0 aromatic rings. The van der Waals surface area contributed by atoms with Gasteiger partial charge >= 0.3 is 5.97 Å². The van der Waals surface area contributed by atoms with Gasteiger partial charge in [-0.2, -0.15) is 0 Å². The van der Waals surface area contributed by atoms with Gasteiger partial charge in [0.2, 0.25) is 0 Å². The van der Waals surface area contributed by atoms with Crippen LogP contribution in [0.3, 0.4) is 0 Å². The van der Waals surface area contributed by atoms with Crippen molar-refractivity contribution in [3.63, 3.8) is 0 Å². The van der Waals surface area contributed by atoms with E-state index in [0.717, 1.165) is 24.8 Å². The van der Waals surface area contributed by atoms with Gasteiger partial charge in [0, 0.05) is 18.8 Å². The summed E-state index contributed by atoms with van der Waals surface area (Å²) >= 11 is 0. The largest absolute Gasteiger partial charge is 0.469 e. The van der Waals surface area contributed by atoms with Crippen LogP contribution < -0.4 is 0 Å². The molecule has 1 saturated heterocycles. The van der Waals surface area contributed by atoms with Crippen LogP contribution in [0.4, 0.5) is 0 Å². The molecular formula is C16H24O4. The predicted octanol–water partition coefficient (Wildman–Crippen LogP) is 2.84. The second kappa shape index (κ2) is 6.55. The summed E-state index contributed by atoms with van der Waals surface area (Å²) in [4.78, 5) is 11.6. The number of methoxy groups -OCH3 is 1. The maximum atomic E-state index is 11.6. The van der Waals surface area contributed by atoms with Crippen LogP contribution in [0, 0.1) is 11.8 Å². The normalized spacial score (nSPS) is 28.3. The van der Waals surface area contributed by atoms with Crippen molar-refractivity contribution in [1.29, 1.82) is 0 Å². The van der Waals surface area contributed by atoms with Gasteiger partial charge in [0.25, 0.3) is 0 Å². The molecule has 0 unspecified atom stereocenters. The molecule has 2 aliphatic rings. The van der Waals surface area contributed by atoms with E-state index in [0.29, 0.717) is 19.6 Å². The van der Waals surface area contributed by atoms with Crippen LogP contribution in [0.5, 0.6) is 0 Å². The summed E-state index contributed by atoms with van der Waals surface area (Å²) in [5.74, 6) is -0.174. The lowest BCUT2D eigenvalue weighted by Gasteiger charge is -2.31. The van der Waals surface area contributed by atoms with Crippen LogP contribution in [0.25, 0.3) is 0 Å². The number of hydrogen-bond donors (Lipinski definition) is 0. The van der Waals surface area contributed by atoms with E-state index in [1.807, 2.05) is 13.0 Å². The molecule has 0 radical (unpaired) electrons. The molecule has 20 heavy (non-hydrogen) atoms. The molecule has 1 saturated carbocycles. The van der Waals surface area contributed by atoms with Crippen molar-refractivity contribution in [1.82, 2.24) is 0 Å². The molecule has 1 spiro atoms. The Bertz CT molecular complexity index is 393. The van der Waals surface area contributed by atoms with E-state index in [1.165, 1.54) is 7.11 Å². The first-order valence-electron chi connectivity index (χ1n) is 7.24. The Morgan fingerprint density at radius 2 is 2.15 bits per heavy atom. The third kappa shape index (κ3) is 3.30. The quantitative estimate of drug-likeness (QED) is 0.574. The van der Waals surface area contributed by atoms with E-state index >= 15 is 0 Å². The zero-order valence-corrected chi connectivity index (χ0v) is 12.4. The van der Waals surface area contributed by atoms with E-state index in [9.17, 15) is 4.79 Å². The van der Waals surface area contributed by atoms with Crippen molar-refractivity contribution in [3.8, 4) is 0 Å². The van der Waals surface area contributed by atoms with Gasteiger partial charge in [-0.15, -0.1) is 0 Å². The van der Waals surface area contributed by atoms with E-state index in [1.54, 1.807) is 0 Å². The third-order valence-corrected chi connectivity index (χ3v) is 4.22. The first-order chi connectivity index (χ1) is 9.57. The Morgan fingerprint density at radius 3 is 2.75 bits per heavy atom. The fourth-order valence-corrected chi connectivity index (χ4v) is 3.29. The molecular weight excluding hydrogens is 256 g/mol. The molecule has 0 amide bonds. The molecule has 0 aromatic heterocycles. The molecule has 0 aromatic carbocycles. The third-order valence-electron chi connectivity index (χ3n) is 4.22. The highest BCUT2D eigenvalue weighted by Gasteiger charge is 2.52.